The smallest absolute Gasteiger partial charge is 0.132 e. The van der Waals surface area contributed by atoms with Gasteiger partial charge >= 0.3 is 0 Å². The lowest BCUT2D eigenvalue weighted by Gasteiger charge is -2.16. The van der Waals surface area contributed by atoms with Gasteiger partial charge in [-0.3, -0.25) is 0 Å². The molecule has 1 saturated heterocycles. The van der Waals surface area contributed by atoms with E-state index < -0.39 is 0 Å². The zero-order valence-corrected chi connectivity index (χ0v) is 9.19. The summed E-state index contributed by atoms with van der Waals surface area (Å²) in [6.07, 6.45) is 4.86. The number of anilines is 1. The van der Waals surface area contributed by atoms with Gasteiger partial charge < -0.3 is 10.6 Å². The minimum atomic E-state index is 0.301. The van der Waals surface area contributed by atoms with Crippen molar-refractivity contribution < 1.29 is 0 Å². The molecule has 2 rings (SSSR count). The Labute approximate surface area is 90.5 Å². The Kier molecular flexibility index (Phi) is 3.16. The maximum absolute atomic E-state index is 5.87. The Morgan fingerprint density at radius 2 is 2.40 bits per heavy atom. The Hall–Kier alpha value is -1.16. The van der Waals surface area contributed by atoms with E-state index in [0.717, 1.165) is 43.9 Å². The molecule has 0 radical (unpaired) electrons. The summed E-state index contributed by atoms with van der Waals surface area (Å²) in [5, 5.41) is 0. The van der Waals surface area contributed by atoms with E-state index in [2.05, 4.69) is 27.9 Å². The number of hydrogen-bond donors (Lipinski definition) is 1. The van der Waals surface area contributed by atoms with Crippen LogP contribution in [0.1, 0.15) is 25.5 Å². The highest BCUT2D eigenvalue weighted by atomic mass is 15.2. The van der Waals surface area contributed by atoms with E-state index in [9.17, 15) is 0 Å². The van der Waals surface area contributed by atoms with Gasteiger partial charge in [0.05, 0.1) is 0 Å². The maximum atomic E-state index is 5.87. The summed E-state index contributed by atoms with van der Waals surface area (Å²) in [5.41, 5.74) is 7.00. The molecule has 0 aromatic carbocycles. The van der Waals surface area contributed by atoms with Gasteiger partial charge in [-0.25, -0.2) is 9.97 Å². The first kappa shape index (κ1) is 10.4. The minimum Gasteiger partial charge on any atom is -0.355 e. The van der Waals surface area contributed by atoms with Gasteiger partial charge in [0.2, 0.25) is 0 Å². The Morgan fingerprint density at radius 3 is 3.07 bits per heavy atom. The Morgan fingerprint density at radius 1 is 1.53 bits per heavy atom. The fourth-order valence-corrected chi connectivity index (χ4v) is 1.95. The van der Waals surface area contributed by atoms with Crippen LogP contribution in [0.25, 0.3) is 0 Å². The van der Waals surface area contributed by atoms with Crippen molar-refractivity contribution in [2.75, 3.05) is 18.0 Å². The van der Waals surface area contributed by atoms with Crippen molar-refractivity contribution in [3.05, 3.63) is 18.1 Å². The molecule has 0 bridgehead atoms. The van der Waals surface area contributed by atoms with Crippen LogP contribution < -0.4 is 10.6 Å². The quantitative estimate of drug-likeness (QED) is 0.800. The van der Waals surface area contributed by atoms with Gasteiger partial charge in [0.15, 0.2) is 0 Å². The fraction of sp³-hybridized carbons (Fsp3) is 0.636. The van der Waals surface area contributed by atoms with E-state index in [4.69, 9.17) is 5.73 Å². The molecule has 1 aliphatic rings. The summed E-state index contributed by atoms with van der Waals surface area (Å²) in [6.45, 7) is 4.10. The van der Waals surface area contributed by atoms with Crippen LogP contribution in [0.2, 0.25) is 0 Å². The monoisotopic (exact) mass is 206 g/mol. The number of aromatic nitrogens is 2. The second-order valence-corrected chi connectivity index (χ2v) is 4.11. The van der Waals surface area contributed by atoms with Crippen LogP contribution in [0.4, 0.5) is 5.82 Å². The van der Waals surface area contributed by atoms with Crippen molar-refractivity contribution in [3.8, 4) is 0 Å². The lowest BCUT2D eigenvalue weighted by molar-refractivity contribution is 0.751. The lowest BCUT2D eigenvalue weighted by Crippen LogP contribution is -2.27. The largest absolute Gasteiger partial charge is 0.355 e. The van der Waals surface area contributed by atoms with Gasteiger partial charge in [-0.1, -0.05) is 13.3 Å². The van der Waals surface area contributed by atoms with E-state index in [0.29, 0.717) is 6.04 Å². The van der Waals surface area contributed by atoms with Gasteiger partial charge in [0.25, 0.3) is 0 Å². The number of hydrogen-bond acceptors (Lipinski definition) is 4. The van der Waals surface area contributed by atoms with Gasteiger partial charge in [-0.05, 0) is 12.8 Å². The van der Waals surface area contributed by atoms with Gasteiger partial charge in [0.1, 0.15) is 12.1 Å². The third kappa shape index (κ3) is 2.45. The van der Waals surface area contributed by atoms with Crippen LogP contribution in [0.15, 0.2) is 12.4 Å². The standard InChI is InChI=1S/C11H18N4/c1-2-3-10-6-11(14-8-13-10)15-5-4-9(12)7-15/h6,8-9H,2-5,7,12H2,1H3. The molecule has 1 unspecified atom stereocenters. The molecule has 0 saturated carbocycles. The predicted octanol–water partition coefficient (Wildman–Crippen LogP) is 0.966. The number of aryl methyl sites for hydroxylation is 1. The van der Waals surface area contributed by atoms with Crippen LogP contribution in [0.3, 0.4) is 0 Å². The van der Waals surface area contributed by atoms with E-state index in [1.807, 2.05) is 0 Å². The first-order chi connectivity index (χ1) is 7.29. The molecule has 0 amide bonds. The maximum Gasteiger partial charge on any atom is 0.132 e. The second-order valence-electron chi connectivity index (χ2n) is 4.11. The Balaban J connectivity index is 2.10. The minimum absolute atomic E-state index is 0.301. The molecule has 2 N–H and O–H groups in total. The summed E-state index contributed by atoms with van der Waals surface area (Å²) in [7, 11) is 0. The predicted molar refractivity (Wildman–Crippen MR) is 60.8 cm³/mol. The summed E-state index contributed by atoms with van der Waals surface area (Å²) < 4.78 is 0. The summed E-state index contributed by atoms with van der Waals surface area (Å²) in [6, 6.07) is 2.39. The molecule has 1 aromatic rings. The van der Waals surface area contributed by atoms with Crippen molar-refractivity contribution in [1.29, 1.82) is 0 Å². The van der Waals surface area contributed by atoms with E-state index in [1.54, 1.807) is 6.33 Å². The van der Waals surface area contributed by atoms with Crippen molar-refractivity contribution in [3.63, 3.8) is 0 Å². The average molecular weight is 206 g/mol. The molecule has 2 heterocycles. The average Bonchev–Trinajstić information content (AvgIpc) is 2.66. The van der Waals surface area contributed by atoms with Gasteiger partial charge in [0, 0.05) is 30.9 Å². The number of rotatable bonds is 3. The summed E-state index contributed by atoms with van der Waals surface area (Å²) in [4.78, 5) is 10.8. The molecule has 0 spiro atoms. The SMILES string of the molecule is CCCc1cc(N2CCC(N)C2)ncn1. The van der Waals surface area contributed by atoms with Crippen LogP contribution in [-0.4, -0.2) is 29.1 Å². The van der Waals surface area contributed by atoms with Crippen molar-refractivity contribution in [1.82, 2.24) is 9.97 Å². The molecule has 4 heteroatoms. The number of nitrogens with zero attached hydrogens (tertiary/aromatic N) is 3. The zero-order chi connectivity index (χ0) is 10.7. The summed E-state index contributed by atoms with van der Waals surface area (Å²) in [5.74, 6) is 1.03. The first-order valence-corrected chi connectivity index (χ1v) is 5.61. The third-order valence-electron chi connectivity index (χ3n) is 2.76. The molecule has 0 aliphatic carbocycles. The number of nitrogens with two attached hydrogens (primary N) is 1. The highest BCUT2D eigenvalue weighted by molar-refractivity contribution is 5.40. The van der Waals surface area contributed by atoms with Crippen LogP contribution in [0, 0.1) is 0 Å². The molecule has 1 atom stereocenters. The topological polar surface area (TPSA) is 55.0 Å². The fourth-order valence-electron chi connectivity index (χ4n) is 1.95. The molecule has 82 valence electrons. The molecule has 4 nitrogen and oxygen atoms in total. The normalized spacial score (nSPS) is 20.9. The molecular weight excluding hydrogens is 188 g/mol. The molecule has 1 fully saturated rings. The Bertz CT molecular complexity index is 326. The van der Waals surface area contributed by atoms with E-state index >= 15 is 0 Å². The highest BCUT2D eigenvalue weighted by Gasteiger charge is 2.20. The summed E-state index contributed by atoms with van der Waals surface area (Å²) >= 11 is 0. The van der Waals surface area contributed by atoms with Crippen LogP contribution in [0.5, 0.6) is 0 Å². The second kappa shape index (κ2) is 4.57. The van der Waals surface area contributed by atoms with Gasteiger partial charge in [-0.2, -0.15) is 0 Å². The van der Waals surface area contributed by atoms with Crippen molar-refractivity contribution >= 4 is 5.82 Å². The van der Waals surface area contributed by atoms with Crippen LogP contribution >= 0.6 is 0 Å². The van der Waals surface area contributed by atoms with E-state index in [-0.39, 0.29) is 0 Å². The van der Waals surface area contributed by atoms with Crippen LogP contribution in [-0.2, 0) is 6.42 Å². The molecular formula is C11H18N4. The van der Waals surface area contributed by atoms with E-state index in [1.165, 1.54) is 0 Å². The lowest BCUT2D eigenvalue weighted by atomic mass is 10.2. The highest BCUT2D eigenvalue weighted by Crippen LogP contribution is 2.17. The molecule has 1 aliphatic heterocycles. The third-order valence-corrected chi connectivity index (χ3v) is 2.76. The molecule has 1 aromatic heterocycles. The zero-order valence-electron chi connectivity index (χ0n) is 9.19. The van der Waals surface area contributed by atoms with Crippen molar-refractivity contribution in [2.24, 2.45) is 5.73 Å². The first-order valence-electron chi connectivity index (χ1n) is 5.61. The van der Waals surface area contributed by atoms with Crippen molar-refractivity contribution in [2.45, 2.75) is 32.2 Å². The van der Waals surface area contributed by atoms with Gasteiger partial charge in [-0.15, -0.1) is 0 Å². The molecule has 15 heavy (non-hydrogen) atoms.